The maximum Gasteiger partial charge on any atom is 0.275 e. The Morgan fingerprint density at radius 2 is 1.48 bits per heavy atom. The molecule has 0 aliphatic heterocycles. The molecular weight excluding hydrogens is 523 g/mol. The zero-order valence-corrected chi connectivity index (χ0v) is 18.3. The third-order valence-corrected chi connectivity index (χ3v) is 6.29. The van der Waals surface area contributed by atoms with E-state index >= 15 is 0 Å². The van der Waals surface area contributed by atoms with E-state index in [4.69, 9.17) is 23.2 Å². The largest absolute Gasteiger partial charge is 0.275 e. The van der Waals surface area contributed by atoms with Gasteiger partial charge in [-0.2, -0.15) is 10.2 Å². The van der Waals surface area contributed by atoms with Gasteiger partial charge < -0.3 is 0 Å². The number of aromatic amines is 1. The molecule has 0 unspecified atom stereocenters. The number of benzene rings is 2. The Labute approximate surface area is 179 Å². The smallest absolute Gasteiger partial charge is 0.267 e. The van der Waals surface area contributed by atoms with E-state index in [0.717, 1.165) is 15.2 Å². The number of nitrogens with one attached hydrogen (secondary N) is 1. The summed E-state index contributed by atoms with van der Waals surface area (Å²) in [5.74, 6) is 0. The molecule has 0 aliphatic rings. The molecule has 0 saturated heterocycles. The van der Waals surface area contributed by atoms with E-state index in [1.54, 1.807) is 43.7 Å². The number of fused-ring (bicyclic) bond motifs is 2. The number of aromatic nitrogens is 4. The van der Waals surface area contributed by atoms with E-state index in [0.29, 0.717) is 25.3 Å². The molecule has 0 aliphatic carbocycles. The number of nitrogens with zero attached hydrogens (tertiary/aromatic N) is 3. The minimum atomic E-state index is -0.274. The molecule has 10 heteroatoms. The minimum Gasteiger partial charge on any atom is -0.267 e. The normalized spacial score (nSPS) is 10.7. The highest BCUT2D eigenvalue weighted by atomic mass is 79.9. The summed E-state index contributed by atoms with van der Waals surface area (Å²) in [5, 5.41) is 13.2. The van der Waals surface area contributed by atoms with Crippen molar-refractivity contribution in [3.8, 4) is 0 Å². The standard InChI is InChI=1S/C9H6BrClN2O.C8H4BrClN2O/c1-13-9(14)7-5(4-12-13)2-3-6(10)8(7)11;9-5-2-1-4-3-11-12-8(13)6(4)7(5)10/h2-4H,1H3;1-3H,(H,12,13). The molecule has 2 aromatic carbocycles. The number of hydrogen-bond acceptors (Lipinski definition) is 4. The number of H-pyrrole nitrogens is 1. The molecule has 138 valence electrons. The van der Waals surface area contributed by atoms with E-state index in [1.165, 1.54) is 4.68 Å². The Morgan fingerprint density at radius 3 is 2.11 bits per heavy atom. The number of halogens is 4. The van der Waals surface area contributed by atoms with Crippen LogP contribution in [0.4, 0.5) is 0 Å². The van der Waals surface area contributed by atoms with Crippen LogP contribution < -0.4 is 11.1 Å². The predicted octanol–water partition coefficient (Wildman–Crippen LogP) is 4.69. The van der Waals surface area contributed by atoms with Crippen LogP contribution in [0.5, 0.6) is 0 Å². The fourth-order valence-electron chi connectivity index (χ4n) is 2.37. The summed E-state index contributed by atoms with van der Waals surface area (Å²) in [6.45, 7) is 0. The highest BCUT2D eigenvalue weighted by Crippen LogP contribution is 2.28. The maximum atomic E-state index is 11.7. The molecule has 0 saturated carbocycles. The van der Waals surface area contributed by atoms with Crippen molar-refractivity contribution in [2.45, 2.75) is 0 Å². The van der Waals surface area contributed by atoms with Gasteiger partial charge in [-0.15, -0.1) is 0 Å². The molecule has 0 spiro atoms. The molecule has 1 N–H and O–H groups in total. The number of rotatable bonds is 0. The molecule has 0 radical (unpaired) electrons. The molecule has 0 atom stereocenters. The first-order chi connectivity index (χ1) is 12.8. The molecule has 0 amide bonds. The Balaban J connectivity index is 0.000000156. The third kappa shape index (κ3) is 3.94. The zero-order valence-electron chi connectivity index (χ0n) is 13.6. The molecule has 4 rings (SSSR count). The highest BCUT2D eigenvalue weighted by Gasteiger charge is 2.08. The number of aryl methyl sites for hydroxylation is 1. The van der Waals surface area contributed by atoms with Gasteiger partial charge in [0.05, 0.1) is 33.2 Å². The van der Waals surface area contributed by atoms with E-state index in [9.17, 15) is 9.59 Å². The summed E-state index contributed by atoms with van der Waals surface area (Å²) < 4.78 is 2.69. The lowest BCUT2D eigenvalue weighted by Gasteiger charge is -2.03. The van der Waals surface area contributed by atoms with Crippen LogP contribution in [0.3, 0.4) is 0 Å². The summed E-state index contributed by atoms with van der Waals surface area (Å²) in [6, 6.07) is 7.17. The van der Waals surface area contributed by atoms with E-state index < -0.39 is 0 Å². The summed E-state index contributed by atoms with van der Waals surface area (Å²) in [4.78, 5) is 23.0. The van der Waals surface area contributed by atoms with Gasteiger partial charge in [-0.25, -0.2) is 9.78 Å². The van der Waals surface area contributed by atoms with Crippen molar-refractivity contribution in [3.63, 3.8) is 0 Å². The van der Waals surface area contributed by atoms with Crippen LogP contribution in [-0.2, 0) is 7.05 Å². The summed E-state index contributed by atoms with van der Waals surface area (Å²) in [6.07, 6.45) is 3.18. The Hall–Kier alpha value is -1.74. The summed E-state index contributed by atoms with van der Waals surface area (Å²) in [5.41, 5.74) is -0.461. The first-order valence-electron chi connectivity index (χ1n) is 7.42. The minimum absolute atomic E-state index is 0.186. The molecule has 27 heavy (non-hydrogen) atoms. The first kappa shape index (κ1) is 20.0. The van der Waals surface area contributed by atoms with Crippen molar-refractivity contribution in [1.29, 1.82) is 0 Å². The molecule has 0 fully saturated rings. The second-order valence-electron chi connectivity index (χ2n) is 5.42. The molecular formula is C17H10Br2Cl2N4O2. The first-order valence-corrected chi connectivity index (χ1v) is 9.77. The van der Waals surface area contributed by atoms with Gasteiger partial charge in [-0.1, -0.05) is 35.3 Å². The molecule has 6 nitrogen and oxygen atoms in total. The van der Waals surface area contributed by atoms with Crippen molar-refractivity contribution >= 4 is 76.6 Å². The van der Waals surface area contributed by atoms with Crippen molar-refractivity contribution in [1.82, 2.24) is 20.0 Å². The van der Waals surface area contributed by atoms with Gasteiger partial charge in [0.1, 0.15) is 0 Å². The summed E-state index contributed by atoms with van der Waals surface area (Å²) >= 11 is 18.5. The average molecular weight is 533 g/mol. The van der Waals surface area contributed by atoms with Crippen LogP contribution in [0.2, 0.25) is 10.0 Å². The lowest BCUT2D eigenvalue weighted by atomic mass is 10.2. The highest BCUT2D eigenvalue weighted by molar-refractivity contribution is 9.10. The van der Waals surface area contributed by atoms with Gasteiger partial charge >= 0.3 is 0 Å². The fraction of sp³-hybridized carbons (Fsp3) is 0.0588. The summed E-state index contributed by atoms with van der Waals surface area (Å²) in [7, 11) is 1.60. The molecule has 2 heterocycles. The molecule has 2 aromatic heterocycles. The number of hydrogen-bond donors (Lipinski definition) is 1. The van der Waals surface area contributed by atoms with Crippen molar-refractivity contribution < 1.29 is 0 Å². The second kappa shape index (κ2) is 8.10. The topological polar surface area (TPSA) is 80.6 Å². The van der Waals surface area contributed by atoms with E-state index in [-0.39, 0.29) is 11.1 Å². The Morgan fingerprint density at radius 1 is 0.926 bits per heavy atom. The van der Waals surface area contributed by atoms with Gasteiger partial charge in [-0.3, -0.25) is 9.59 Å². The fourth-order valence-corrected chi connectivity index (χ4v) is 3.55. The van der Waals surface area contributed by atoms with Crippen LogP contribution >= 0.6 is 55.1 Å². The van der Waals surface area contributed by atoms with Gasteiger partial charge in [0.15, 0.2) is 0 Å². The van der Waals surface area contributed by atoms with Crippen LogP contribution in [0.15, 0.2) is 55.2 Å². The van der Waals surface area contributed by atoms with Gasteiger partial charge in [-0.05, 0) is 44.0 Å². The van der Waals surface area contributed by atoms with Gasteiger partial charge in [0.2, 0.25) is 0 Å². The van der Waals surface area contributed by atoms with E-state index in [2.05, 4.69) is 47.2 Å². The molecule has 0 bridgehead atoms. The van der Waals surface area contributed by atoms with Crippen molar-refractivity contribution in [3.05, 3.63) is 76.4 Å². The quantitative estimate of drug-likeness (QED) is 0.356. The second-order valence-corrected chi connectivity index (χ2v) is 7.89. The van der Waals surface area contributed by atoms with E-state index in [1.807, 2.05) is 0 Å². The van der Waals surface area contributed by atoms with Gasteiger partial charge in [0.25, 0.3) is 11.1 Å². The Kier molecular flexibility index (Phi) is 6.00. The lowest BCUT2D eigenvalue weighted by Crippen LogP contribution is -2.19. The molecule has 4 aromatic rings. The Bertz CT molecular complexity index is 1280. The van der Waals surface area contributed by atoms with Crippen LogP contribution in [-0.4, -0.2) is 20.0 Å². The van der Waals surface area contributed by atoms with Crippen molar-refractivity contribution in [2.24, 2.45) is 7.05 Å². The van der Waals surface area contributed by atoms with Gasteiger partial charge in [0, 0.05) is 26.8 Å². The monoisotopic (exact) mass is 530 g/mol. The van der Waals surface area contributed by atoms with Crippen LogP contribution in [0.1, 0.15) is 0 Å². The SMILES string of the molecule is Cn1ncc2ccc(Br)c(Cl)c2c1=O.O=c1[nH]ncc2ccc(Br)c(Cl)c12. The lowest BCUT2D eigenvalue weighted by molar-refractivity contribution is 0.718. The maximum absolute atomic E-state index is 11.7. The van der Waals surface area contributed by atoms with Crippen LogP contribution in [0, 0.1) is 0 Å². The van der Waals surface area contributed by atoms with Crippen LogP contribution in [0.25, 0.3) is 21.5 Å². The average Bonchev–Trinajstić information content (AvgIpc) is 2.65. The predicted molar refractivity (Wildman–Crippen MR) is 115 cm³/mol. The third-order valence-electron chi connectivity index (χ3n) is 3.73. The zero-order chi connectivity index (χ0) is 19.7. The van der Waals surface area contributed by atoms with Crippen molar-refractivity contribution in [2.75, 3.05) is 0 Å².